The molecule has 0 aliphatic carbocycles. The van der Waals surface area contributed by atoms with Crippen LogP contribution in [-0.4, -0.2) is 19.8 Å². The number of hydrogen-bond donors (Lipinski definition) is 0. The smallest absolute Gasteiger partial charge is 0.183 e. The molecule has 8 rings (SSSR count). The van der Waals surface area contributed by atoms with Crippen molar-refractivity contribution in [2.45, 2.75) is 38.1 Å². The average molecular weight is 715 g/mol. The standard InChI is InChI=1S/C21H18F2OS.C20H16F2O2S/c22-17-12-16(13-18(23)21(17)20-5-3-11-25-20)14-6-8-15(9-7-14)19-4-1-2-10-24-19;21-16-11-15(12-17(22)19(16)18-3-1-10-25-18)13-4-6-14(7-5-13)20-23-8-2-9-24-20/h3,5-9,11-13,19H,1-2,4,10H2;1,3-7,10-12,20H,2,8-9H2. The maximum atomic E-state index is 14.5. The normalized spacial score (nSPS) is 16.5. The van der Waals surface area contributed by atoms with Gasteiger partial charge in [-0.2, -0.15) is 0 Å². The molecule has 2 aliphatic heterocycles. The maximum Gasteiger partial charge on any atom is 0.183 e. The van der Waals surface area contributed by atoms with Crippen LogP contribution in [0.25, 0.3) is 43.1 Å². The van der Waals surface area contributed by atoms with Crippen molar-refractivity contribution in [2.24, 2.45) is 0 Å². The lowest BCUT2D eigenvalue weighted by molar-refractivity contribution is -0.183. The second-order valence-corrected chi connectivity index (χ2v) is 14.0. The van der Waals surface area contributed by atoms with E-state index < -0.39 is 23.3 Å². The fourth-order valence-corrected chi connectivity index (χ4v) is 7.75. The van der Waals surface area contributed by atoms with E-state index in [0.717, 1.165) is 48.1 Å². The fraction of sp³-hybridized carbons (Fsp3) is 0.220. The van der Waals surface area contributed by atoms with E-state index in [1.807, 2.05) is 53.9 Å². The van der Waals surface area contributed by atoms with Crippen LogP contribution in [0.5, 0.6) is 0 Å². The molecule has 1 unspecified atom stereocenters. The van der Waals surface area contributed by atoms with Gasteiger partial charge in [-0.15, -0.1) is 22.7 Å². The summed E-state index contributed by atoms with van der Waals surface area (Å²) in [5.74, 6) is -2.17. The molecule has 6 aromatic rings. The van der Waals surface area contributed by atoms with Crippen LogP contribution < -0.4 is 0 Å². The quantitative estimate of drug-likeness (QED) is 0.161. The highest BCUT2D eigenvalue weighted by atomic mass is 32.1. The predicted octanol–water partition coefficient (Wildman–Crippen LogP) is 12.4. The van der Waals surface area contributed by atoms with Crippen molar-refractivity contribution in [3.8, 4) is 43.1 Å². The summed E-state index contributed by atoms with van der Waals surface area (Å²) >= 11 is 2.65. The van der Waals surface area contributed by atoms with Crippen molar-refractivity contribution in [1.29, 1.82) is 0 Å². The summed E-state index contributed by atoms with van der Waals surface area (Å²) < 4.78 is 74.8. The van der Waals surface area contributed by atoms with Crippen molar-refractivity contribution in [3.63, 3.8) is 0 Å². The molecule has 50 heavy (non-hydrogen) atoms. The lowest BCUT2D eigenvalue weighted by atomic mass is 9.97. The van der Waals surface area contributed by atoms with Gasteiger partial charge in [-0.1, -0.05) is 60.7 Å². The highest BCUT2D eigenvalue weighted by molar-refractivity contribution is 7.13. The van der Waals surface area contributed by atoms with Gasteiger partial charge < -0.3 is 14.2 Å². The minimum absolute atomic E-state index is 0.0272. The molecule has 0 spiro atoms. The van der Waals surface area contributed by atoms with Crippen LogP contribution in [0.4, 0.5) is 17.6 Å². The van der Waals surface area contributed by atoms with Crippen molar-refractivity contribution in [3.05, 3.63) is 142 Å². The van der Waals surface area contributed by atoms with Crippen molar-refractivity contribution < 1.29 is 31.8 Å². The molecular formula is C41H34F4O3S2. The number of halogens is 4. The number of rotatable bonds is 6. The highest BCUT2D eigenvalue weighted by Gasteiger charge is 2.20. The van der Waals surface area contributed by atoms with Gasteiger partial charge in [0, 0.05) is 21.9 Å². The Bertz CT molecular complexity index is 1810. The van der Waals surface area contributed by atoms with Gasteiger partial charge in [-0.25, -0.2) is 17.6 Å². The molecule has 9 heteroatoms. The van der Waals surface area contributed by atoms with E-state index in [0.29, 0.717) is 34.1 Å². The van der Waals surface area contributed by atoms with E-state index in [9.17, 15) is 17.6 Å². The topological polar surface area (TPSA) is 27.7 Å². The van der Waals surface area contributed by atoms with Crippen molar-refractivity contribution in [2.75, 3.05) is 19.8 Å². The summed E-state index contributed by atoms with van der Waals surface area (Å²) in [4.78, 5) is 1.19. The largest absolute Gasteiger partial charge is 0.374 e. The number of ether oxygens (including phenoxy) is 3. The van der Waals surface area contributed by atoms with Crippen LogP contribution in [0.2, 0.25) is 0 Å². The molecule has 0 amide bonds. The number of benzene rings is 4. The number of thiophene rings is 2. The van der Waals surface area contributed by atoms with Gasteiger partial charge >= 0.3 is 0 Å². The third-order valence-electron chi connectivity index (χ3n) is 8.76. The van der Waals surface area contributed by atoms with Gasteiger partial charge in [0.2, 0.25) is 0 Å². The van der Waals surface area contributed by atoms with Gasteiger partial charge in [-0.05, 0) is 101 Å². The molecular weight excluding hydrogens is 681 g/mol. The minimum Gasteiger partial charge on any atom is -0.374 e. The van der Waals surface area contributed by atoms with E-state index in [1.165, 1.54) is 53.4 Å². The maximum absolute atomic E-state index is 14.5. The van der Waals surface area contributed by atoms with Crippen LogP contribution in [0.15, 0.2) is 108 Å². The first kappa shape index (κ1) is 34.3. The van der Waals surface area contributed by atoms with Crippen LogP contribution in [0.3, 0.4) is 0 Å². The summed E-state index contributed by atoms with van der Waals surface area (Å²) in [6.07, 6.45) is 3.98. The fourth-order valence-electron chi connectivity index (χ4n) is 6.20. The average Bonchev–Trinajstić information content (AvgIpc) is 3.88. The molecule has 4 aromatic carbocycles. The Morgan fingerprint density at radius 1 is 0.480 bits per heavy atom. The Morgan fingerprint density at radius 3 is 1.36 bits per heavy atom. The Kier molecular flexibility index (Phi) is 10.9. The summed E-state index contributed by atoms with van der Waals surface area (Å²) in [7, 11) is 0. The summed E-state index contributed by atoms with van der Waals surface area (Å²) in [5, 5.41) is 3.62. The van der Waals surface area contributed by atoms with Crippen LogP contribution in [0.1, 0.15) is 49.2 Å². The lowest BCUT2D eigenvalue weighted by Crippen LogP contribution is -2.17. The third-order valence-corrected chi connectivity index (χ3v) is 10.5. The lowest BCUT2D eigenvalue weighted by Gasteiger charge is -2.23. The first-order valence-corrected chi connectivity index (χ1v) is 18.3. The van der Waals surface area contributed by atoms with Crippen molar-refractivity contribution >= 4 is 22.7 Å². The SMILES string of the molecule is Fc1cc(-c2ccc(C3CCCCO3)cc2)cc(F)c1-c1cccs1.Fc1cc(-c2ccc(C3OCCCO3)cc2)cc(F)c1-c1cccs1. The Morgan fingerprint density at radius 2 is 0.940 bits per heavy atom. The number of hydrogen-bond acceptors (Lipinski definition) is 5. The van der Waals surface area contributed by atoms with E-state index >= 15 is 0 Å². The van der Waals surface area contributed by atoms with Crippen LogP contribution in [-0.2, 0) is 14.2 Å². The molecule has 3 nitrogen and oxygen atoms in total. The second kappa shape index (κ2) is 15.8. The molecule has 2 aromatic heterocycles. The summed E-state index contributed by atoms with van der Waals surface area (Å²) in [6, 6.07) is 27.8. The van der Waals surface area contributed by atoms with E-state index in [4.69, 9.17) is 14.2 Å². The molecule has 2 aliphatic rings. The molecule has 2 fully saturated rings. The van der Waals surface area contributed by atoms with E-state index in [1.54, 1.807) is 29.6 Å². The second-order valence-electron chi connectivity index (χ2n) is 12.1. The summed E-state index contributed by atoms with van der Waals surface area (Å²) in [6.45, 7) is 2.15. The molecule has 2 saturated heterocycles. The van der Waals surface area contributed by atoms with Gasteiger partial charge in [0.15, 0.2) is 6.29 Å². The Labute approximate surface area is 296 Å². The van der Waals surface area contributed by atoms with Crippen molar-refractivity contribution in [1.82, 2.24) is 0 Å². The Hall–Kier alpha value is -4.12. The molecule has 0 N–H and O–H groups in total. The van der Waals surface area contributed by atoms with Crippen LogP contribution in [0, 0.1) is 23.3 Å². The molecule has 0 radical (unpaired) electrons. The van der Waals surface area contributed by atoms with E-state index in [2.05, 4.69) is 0 Å². The molecule has 0 saturated carbocycles. The first-order valence-electron chi connectivity index (χ1n) is 16.6. The van der Waals surface area contributed by atoms with Gasteiger partial charge in [0.25, 0.3) is 0 Å². The zero-order chi connectivity index (χ0) is 34.5. The predicted molar refractivity (Wildman–Crippen MR) is 192 cm³/mol. The molecule has 256 valence electrons. The van der Waals surface area contributed by atoms with Gasteiger partial charge in [0.1, 0.15) is 23.3 Å². The molecule has 0 bridgehead atoms. The Balaban J connectivity index is 0.000000157. The molecule has 4 heterocycles. The van der Waals surface area contributed by atoms with Crippen LogP contribution >= 0.6 is 22.7 Å². The highest BCUT2D eigenvalue weighted by Crippen LogP contribution is 2.36. The summed E-state index contributed by atoms with van der Waals surface area (Å²) in [5.41, 5.74) is 4.70. The zero-order valence-electron chi connectivity index (χ0n) is 27.0. The van der Waals surface area contributed by atoms with E-state index in [-0.39, 0.29) is 23.5 Å². The minimum atomic E-state index is -0.555. The van der Waals surface area contributed by atoms with Gasteiger partial charge in [-0.3, -0.25) is 0 Å². The monoisotopic (exact) mass is 714 g/mol. The van der Waals surface area contributed by atoms with Gasteiger partial charge in [0.05, 0.1) is 30.4 Å². The molecule has 1 atom stereocenters. The first-order chi connectivity index (χ1) is 24.4. The third kappa shape index (κ3) is 7.77. The zero-order valence-corrected chi connectivity index (χ0v) is 28.7.